The van der Waals surface area contributed by atoms with Crippen LogP contribution >= 0.6 is 11.6 Å². The van der Waals surface area contributed by atoms with Crippen LogP contribution in [0.3, 0.4) is 0 Å². The molecule has 0 amide bonds. The first-order chi connectivity index (χ1) is 10.3. The van der Waals surface area contributed by atoms with Crippen molar-refractivity contribution in [1.29, 1.82) is 0 Å². The summed E-state index contributed by atoms with van der Waals surface area (Å²) >= 11 is 5.82. The third kappa shape index (κ3) is 3.49. The number of rotatable bonds is 5. The van der Waals surface area contributed by atoms with Crippen molar-refractivity contribution in [3.8, 4) is 5.75 Å². The van der Waals surface area contributed by atoms with E-state index < -0.39 is 16.0 Å². The number of aromatic carboxylic acids is 1. The summed E-state index contributed by atoms with van der Waals surface area (Å²) in [5.74, 6) is -1.28. The number of ether oxygens (including phenoxy) is 1. The molecule has 2 aromatic carbocycles. The molecular formula is C14H11ClNO5S-. The largest absolute Gasteiger partial charge is 0.545 e. The van der Waals surface area contributed by atoms with Crippen LogP contribution in [0.1, 0.15) is 10.4 Å². The van der Waals surface area contributed by atoms with E-state index in [1.54, 1.807) is 0 Å². The minimum absolute atomic E-state index is 0.0868. The van der Waals surface area contributed by atoms with Crippen LogP contribution in [-0.2, 0) is 10.0 Å². The minimum atomic E-state index is -3.99. The molecule has 8 heteroatoms. The predicted molar refractivity (Wildman–Crippen MR) is 79.6 cm³/mol. The number of benzene rings is 2. The molecule has 0 aliphatic carbocycles. The molecule has 116 valence electrons. The van der Waals surface area contributed by atoms with Gasteiger partial charge in [-0.1, -0.05) is 23.7 Å². The molecular weight excluding hydrogens is 330 g/mol. The van der Waals surface area contributed by atoms with Crippen molar-refractivity contribution < 1.29 is 23.1 Å². The van der Waals surface area contributed by atoms with Gasteiger partial charge in [-0.05, 0) is 35.9 Å². The Bertz CT molecular complexity index is 820. The van der Waals surface area contributed by atoms with E-state index in [-0.39, 0.29) is 26.9 Å². The van der Waals surface area contributed by atoms with E-state index in [1.165, 1.54) is 43.5 Å². The molecule has 0 bridgehead atoms. The Balaban J connectivity index is 2.42. The molecule has 0 spiro atoms. The van der Waals surface area contributed by atoms with Gasteiger partial charge in [-0.15, -0.1) is 0 Å². The van der Waals surface area contributed by atoms with Gasteiger partial charge in [0, 0.05) is 10.7 Å². The molecule has 2 rings (SSSR count). The Morgan fingerprint density at radius 3 is 2.59 bits per heavy atom. The fraction of sp³-hybridized carbons (Fsp3) is 0.0714. The lowest BCUT2D eigenvalue weighted by molar-refractivity contribution is -0.255. The number of carboxylic acid groups (broad SMARTS) is 1. The van der Waals surface area contributed by atoms with Gasteiger partial charge in [-0.2, -0.15) is 0 Å². The van der Waals surface area contributed by atoms with Gasteiger partial charge in [-0.3, -0.25) is 4.72 Å². The lowest BCUT2D eigenvalue weighted by atomic mass is 10.2. The van der Waals surface area contributed by atoms with E-state index in [0.29, 0.717) is 0 Å². The van der Waals surface area contributed by atoms with Gasteiger partial charge in [0.25, 0.3) is 10.0 Å². The van der Waals surface area contributed by atoms with Crippen LogP contribution < -0.4 is 14.6 Å². The standard InChI is InChI=1S/C14H12ClNO5S/c1-21-12-6-5-10(15)8-13(12)22(19,20)16-11-4-2-3-9(7-11)14(17)18/h2-8,16H,1H3,(H,17,18)/p-1. The Morgan fingerprint density at radius 1 is 1.23 bits per heavy atom. The zero-order chi connectivity index (χ0) is 16.3. The first kappa shape index (κ1) is 16.1. The summed E-state index contributed by atoms with van der Waals surface area (Å²) in [6.45, 7) is 0. The van der Waals surface area contributed by atoms with E-state index in [4.69, 9.17) is 16.3 Å². The van der Waals surface area contributed by atoms with E-state index in [1.807, 2.05) is 0 Å². The number of carbonyl (C=O) groups is 1. The highest BCUT2D eigenvalue weighted by atomic mass is 35.5. The molecule has 0 saturated heterocycles. The average Bonchev–Trinajstić information content (AvgIpc) is 2.47. The number of sulfonamides is 1. The van der Waals surface area contributed by atoms with Crippen molar-refractivity contribution in [2.45, 2.75) is 4.90 Å². The summed E-state index contributed by atoms with van der Waals surface area (Å²) in [4.78, 5) is 10.7. The molecule has 22 heavy (non-hydrogen) atoms. The summed E-state index contributed by atoms with van der Waals surface area (Å²) in [5.41, 5.74) is -0.0537. The van der Waals surface area contributed by atoms with Gasteiger partial charge in [-0.25, -0.2) is 8.42 Å². The Kier molecular flexibility index (Phi) is 4.58. The number of nitrogens with one attached hydrogen (secondary N) is 1. The van der Waals surface area contributed by atoms with Gasteiger partial charge >= 0.3 is 0 Å². The van der Waals surface area contributed by atoms with Crippen molar-refractivity contribution in [3.63, 3.8) is 0 Å². The van der Waals surface area contributed by atoms with Crippen molar-refractivity contribution in [3.05, 3.63) is 53.1 Å². The lowest BCUT2D eigenvalue weighted by Crippen LogP contribution is -2.22. The fourth-order valence-corrected chi connectivity index (χ4v) is 3.26. The zero-order valence-electron chi connectivity index (χ0n) is 11.4. The van der Waals surface area contributed by atoms with Crippen LogP contribution in [0.4, 0.5) is 5.69 Å². The molecule has 0 aliphatic heterocycles. The molecule has 2 aromatic rings. The molecule has 6 nitrogen and oxygen atoms in total. The third-order valence-corrected chi connectivity index (χ3v) is 4.40. The highest BCUT2D eigenvalue weighted by Gasteiger charge is 2.20. The number of carbonyl (C=O) groups excluding carboxylic acids is 1. The molecule has 1 N–H and O–H groups in total. The first-order valence-electron chi connectivity index (χ1n) is 6.01. The molecule has 0 heterocycles. The topological polar surface area (TPSA) is 95.5 Å². The second-order valence-electron chi connectivity index (χ2n) is 4.27. The molecule has 0 atom stereocenters. The summed E-state index contributed by atoms with van der Waals surface area (Å²) in [7, 11) is -2.66. The number of carboxylic acids is 1. The first-order valence-corrected chi connectivity index (χ1v) is 7.87. The number of hydrogen-bond donors (Lipinski definition) is 1. The summed E-state index contributed by atoms with van der Waals surface area (Å²) in [6.07, 6.45) is 0. The normalized spacial score (nSPS) is 11.0. The SMILES string of the molecule is COc1ccc(Cl)cc1S(=O)(=O)Nc1cccc(C(=O)[O-])c1. The van der Waals surface area contributed by atoms with Crippen LogP contribution in [0.5, 0.6) is 5.75 Å². The fourth-order valence-electron chi connectivity index (χ4n) is 1.78. The summed E-state index contributed by atoms with van der Waals surface area (Å²) in [6, 6.07) is 9.44. The van der Waals surface area contributed by atoms with E-state index in [9.17, 15) is 18.3 Å². The maximum Gasteiger partial charge on any atom is 0.265 e. The van der Waals surface area contributed by atoms with Gasteiger partial charge in [0.2, 0.25) is 0 Å². The maximum absolute atomic E-state index is 12.4. The maximum atomic E-state index is 12.4. The van der Waals surface area contributed by atoms with Crippen LogP contribution in [0, 0.1) is 0 Å². The van der Waals surface area contributed by atoms with Crippen molar-refractivity contribution in [2.24, 2.45) is 0 Å². The molecule has 0 radical (unpaired) electrons. The Hall–Kier alpha value is -2.25. The summed E-state index contributed by atoms with van der Waals surface area (Å²) in [5, 5.41) is 11.0. The number of hydrogen-bond acceptors (Lipinski definition) is 5. The number of methoxy groups -OCH3 is 1. The van der Waals surface area contributed by atoms with E-state index in [0.717, 1.165) is 6.07 Å². The number of halogens is 1. The second-order valence-corrected chi connectivity index (χ2v) is 6.36. The highest BCUT2D eigenvalue weighted by Crippen LogP contribution is 2.28. The van der Waals surface area contributed by atoms with Crippen molar-refractivity contribution >= 4 is 33.3 Å². The van der Waals surface area contributed by atoms with Crippen LogP contribution in [0.15, 0.2) is 47.4 Å². The van der Waals surface area contributed by atoms with E-state index in [2.05, 4.69) is 4.72 Å². The monoisotopic (exact) mass is 340 g/mol. The van der Waals surface area contributed by atoms with Gasteiger partial charge in [0.15, 0.2) is 0 Å². The predicted octanol–water partition coefficient (Wildman–Crippen LogP) is 1.51. The molecule has 0 unspecified atom stereocenters. The van der Waals surface area contributed by atoms with Gasteiger partial charge in [0.1, 0.15) is 10.6 Å². The smallest absolute Gasteiger partial charge is 0.265 e. The quantitative estimate of drug-likeness (QED) is 0.890. The summed E-state index contributed by atoms with van der Waals surface area (Å²) < 4.78 is 32.1. The van der Waals surface area contributed by atoms with Crippen LogP contribution in [0.2, 0.25) is 5.02 Å². The van der Waals surface area contributed by atoms with E-state index >= 15 is 0 Å². The van der Waals surface area contributed by atoms with Crippen LogP contribution in [0.25, 0.3) is 0 Å². The molecule has 0 aromatic heterocycles. The average molecular weight is 341 g/mol. The molecule has 0 fully saturated rings. The minimum Gasteiger partial charge on any atom is -0.545 e. The molecule has 0 aliphatic rings. The van der Waals surface area contributed by atoms with Crippen LogP contribution in [-0.4, -0.2) is 21.5 Å². The van der Waals surface area contributed by atoms with Gasteiger partial charge < -0.3 is 14.6 Å². The third-order valence-electron chi connectivity index (χ3n) is 2.77. The second kappa shape index (κ2) is 6.25. The van der Waals surface area contributed by atoms with Gasteiger partial charge in [0.05, 0.1) is 13.1 Å². The number of anilines is 1. The zero-order valence-corrected chi connectivity index (χ0v) is 12.9. The molecule has 0 saturated carbocycles. The van der Waals surface area contributed by atoms with Crippen molar-refractivity contribution in [1.82, 2.24) is 0 Å². The highest BCUT2D eigenvalue weighted by molar-refractivity contribution is 7.92. The van der Waals surface area contributed by atoms with Crippen molar-refractivity contribution in [2.75, 3.05) is 11.8 Å². The Labute approximate surface area is 132 Å². The Morgan fingerprint density at radius 2 is 1.95 bits per heavy atom. The lowest BCUT2D eigenvalue weighted by Gasteiger charge is -2.13.